The summed E-state index contributed by atoms with van der Waals surface area (Å²) in [6.07, 6.45) is 1.37. The number of carbonyl (C=O) groups is 2. The van der Waals surface area contributed by atoms with E-state index in [1.54, 1.807) is 6.92 Å². The first-order valence-corrected chi connectivity index (χ1v) is 5.20. The van der Waals surface area contributed by atoms with Crippen LogP contribution >= 0.6 is 0 Å². The fourth-order valence-electron chi connectivity index (χ4n) is 1.42. The van der Waals surface area contributed by atoms with E-state index in [1.807, 2.05) is 0 Å². The number of likely N-dealkylation sites (N-methyl/N-ethyl adjacent to an activating group) is 1. The molecule has 0 radical (unpaired) electrons. The van der Waals surface area contributed by atoms with Gasteiger partial charge >= 0.3 is 5.97 Å². The van der Waals surface area contributed by atoms with Crippen molar-refractivity contribution in [2.75, 3.05) is 19.7 Å². The van der Waals surface area contributed by atoms with E-state index in [-0.39, 0.29) is 24.4 Å². The number of aliphatic hydroxyl groups is 1. The van der Waals surface area contributed by atoms with E-state index in [4.69, 9.17) is 10.2 Å². The molecule has 0 bridgehead atoms. The quantitative estimate of drug-likeness (QED) is 0.766. The zero-order chi connectivity index (χ0) is 12.8. The number of aromatic carboxylic acids is 1. The highest BCUT2D eigenvalue weighted by Crippen LogP contribution is 2.08. The molecule has 1 amide bonds. The molecule has 0 spiro atoms. The smallest absolute Gasteiger partial charge is 0.338 e. The van der Waals surface area contributed by atoms with Gasteiger partial charge in [-0.2, -0.15) is 0 Å². The van der Waals surface area contributed by atoms with Crippen molar-refractivity contribution in [3.8, 4) is 0 Å². The van der Waals surface area contributed by atoms with Crippen LogP contribution in [0.25, 0.3) is 0 Å². The van der Waals surface area contributed by atoms with Gasteiger partial charge in [-0.3, -0.25) is 9.78 Å². The Morgan fingerprint density at radius 2 is 2.18 bits per heavy atom. The largest absolute Gasteiger partial charge is 0.478 e. The van der Waals surface area contributed by atoms with Gasteiger partial charge in [-0.05, 0) is 19.1 Å². The average Bonchev–Trinajstić information content (AvgIpc) is 2.35. The molecule has 6 nitrogen and oxygen atoms in total. The molecule has 0 atom stereocenters. The summed E-state index contributed by atoms with van der Waals surface area (Å²) in [7, 11) is 0. The van der Waals surface area contributed by atoms with E-state index in [1.165, 1.54) is 23.2 Å². The van der Waals surface area contributed by atoms with Crippen molar-refractivity contribution in [2.45, 2.75) is 6.92 Å². The molecular formula is C11H14N2O4. The molecule has 1 aromatic rings. The summed E-state index contributed by atoms with van der Waals surface area (Å²) in [6.45, 7) is 2.12. The second-order valence-electron chi connectivity index (χ2n) is 3.31. The summed E-state index contributed by atoms with van der Waals surface area (Å²) in [5.74, 6) is -1.68. The van der Waals surface area contributed by atoms with Gasteiger partial charge in [-0.15, -0.1) is 0 Å². The van der Waals surface area contributed by atoms with E-state index in [0.717, 1.165) is 0 Å². The zero-order valence-corrected chi connectivity index (χ0v) is 9.46. The first-order valence-electron chi connectivity index (χ1n) is 5.20. The highest BCUT2D eigenvalue weighted by molar-refractivity contribution is 6.03. The summed E-state index contributed by atoms with van der Waals surface area (Å²) in [4.78, 5) is 28.1. The molecule has 1 rings (SSSR count). The molecule has 0 aliphatic rings. The molecule has 1 aromatic heterocycles. The van der Waals surface area contributed by atoms with Gasteiger partial charge in [0.05, 0.1) is 12.2 Å². The van der Waals surface area contributed by atoms with Crippen LogP contribution in [-0.4, -0.2) is 51.7 Å². The van der Waals surface area contributed by atoms with Crippen molar-refractivity contribution in [1.82, 2.24) is 9.88 Å². The minimum Gasteiger partial charge on any atom is -0.478 e. The lowest BCUT2D eigenvalue weighted by atomic mass is 10.1. The van der Waals surface area contributed by atoms with Gasteiger partial charge in [-0.1, -0.05) is 0 Å². The SMILES string of the molecule is CCN(CCO)C(=O)c1ncccc1C(=O)O. The predicted octanol–water partition coefficient (Wildman–Crippen LogP) is 0.234. The predicted molar refractivity (Wildman–Crippen MR) is 59.9 cm³/mol. The second kappa shape index (κ2) is 5.95. The van der Waals surface area contributed by atoms with Crippen LogP contribution in [-0.2, 0) is 0 Å². The van der Waals surface area contributed by atoms with Crippen LogP contribution < -0.4 is 0 Å². The molecule has 0 aromatic carbocycles. The summed E-state index contributed by atoms with van der Waals surface area (Å²) >= 11 is 0. The minimum atomic E-state index is -1.19. The maximum absolute atomic E-state index is 12.0. The van der Waals surface area contributed by atoms with Crippen LogP contribution in [0.15, 0.2) is 18.3 Å². The van der Waals surface area contributed by atoms with E-state index in [0.29, 0.717) is 6.54 Å². The average molecular weight is 238 g/mol. The number of carbonyl (C=O) groups excluding carboxylic acids is 1. The highest BCUT2D eigenvalue weighted by Gasteiger charge is 2.21. The monoisotopic (exact) mass is 238 g/mol. The van der Waals surface area contributed by atoms with Gasteiger partial charge in [0.2, 0.25) is 0 Å². The van der Waals surface area contributed by atoms with Crippen LogP contribution in [0.5, 0.6) is 0 Å². The lowest BCUT2D eigenvalue weighted by Gasteiger charge is -2.19. The topological polar surface area (TPSA) is 90.7 Å². The zero-order valence-electron chi connectivity index (χ0n) is 9.46. The number of carboxylic acids is 1. The van der Waals surface area contributed by atoms with E-state index >= 15 is 0 Å². The van der Waals surface area contributed by atoms with Gasteiger partial charge in [0.1, 0.15) is 5.69 Å². The van der Waals surface area contributed by atoms with Gasteiger partial charge < -0.3 is 15.1 Å². The Labute approximate surface area is 98.5 Å². The molecule has 6 heteroatoms. The standard InChI is InChI=1S/C11H14N2O4/c1-2-13(6-7-14)10(15)9-8(11(16)17)4-3-5-12-9/h3-5,14H,2,6-7H2,1H3,(H,16,17). The van der Waals surface area contributed by atoms with Gasteiger partial charge in [-0.25, -0.2) is 4.79 Å². The van der Waals surface area contributed by atoms with Crippen molar-refractivity contribution in [3.05, 3.63) is 29.6 Å². The first-order chi connectivity index (χ1) is 8.11. The summed E-state index contributed by atoms with van der Waals surface area (Å²) in [5.41, 5.74) is -0.232. The molecule has 17 heavy (non-hydrogen) atoms. The molecule has 0 fully saturated rings. The number of hydrogen-bond donors (Lipinski definition) is 2. The van der Waals surface area contributed by atoms with E-state index < -0.39 is 11.9 Å². The third-order valence-electron chi connectivity index (χ3n) is 2.28. The van der Waals surface area contributed by atoms with Crippen LogP contribution in [0.1, 0.15) is 27.8 Å². The Morgan fingerprint density at radius 1 is 1.47 bits per heavy atom. The summed E-state index contributed by atoms with van der Waals surface area (Å²) < 4.78 is 0. The number of amides is 1. The van der Waals surface area contributed by atoms with Crippen molar-refractivity contribution in [3.63, 3.8) is 0 Å². The van der Waals surface area contributed by atoms with Gasteiger partial charge in [0.25, 0.3) is 5.91 Å². The molecule has 0 unspecified atom stereocenters. The third kappa shape index (κ3) is 3.01. The number of aromatic nitrogens is 1. The molecule has 0 saturated carbocycles. The van der Waals surface area contributed by atoms with Crippen LogP contribution in [0, 0.1) is 0 Å². The van der Waals surface area contributed by atoms with E-state index in [2.05, 4.69) is 4.98 Å². The molecular weight excluding hydrogens is 224 g/mol. The Hall–Kier alpha value is -1.95. The van der Waals surface area contributed by atoms with E-state index in [9.17, 15) is 9.59 Å². The lowest BCUT2D eigenvalue weighted by Crippen LogP contribution is -2.34. The lowest BCUT2D eigenvalue weighted by molar-refractivity contribution is 0.0666. The third-order valence-corrected chi connectivity index (χ3v) is 2.28. The first kappa shape index (κ1) is 13.1. The van der Waals surface area contributed by atoms with Crippen LogP contribution in [0.3, 0.4) is 0 Å². The number of nitrogens with zero attached hydrogens (tertiary/aromatic N) is 2. The van der Waals surface area contributed by atoms with Crippen molar-refractivity contribution < 1.29 is 19.8 Å². The van der Waals surface area contributed by atoms with Crippen molar-refractivity contribution in [1.29, 1.82) is 0 Å². The Bertz CT molecular complexity index is 420. The Morgan fingerprint density at radius 3 is 2.71 bits per heavy atom. The number of aliphatic hydroxyl groups excluding tert-OH is 1. The molecule has 0 saturated heterocycles. The Kier molecular flexibility index (Phi) is 4.59. The van der Waals surface area contributed by atoms with Gasteiger partial charge in [0.15, 0.2) is 0 Å². The molecule has 1 heterocycles. The molecule has 92 valence electrons. The number of carboxylic acid groups (broad SMARTS) is 1. The number of rotatable bonds is 5. The minimum absolute atomic E-state index is 0.102. The number of pyridine rings is 1. The number of hydrogen-bond acceptors (Lipinski definition) is 4. The second-order valence-corrected chi connectivity index (χ2v) is 3.31. The molecule has 0 aliphatic heterocycles. The molecule has 2 N–H and O–H groups in total. The van der Waals surface area contributed by atoms with Crippen LogP contribution in [0.4, 0.5) is 0 Å². The fraction of sp³-hybridized carbons (Fsp3) is 0.364. The highest BCUT2D eigenvalue weighted by atomic mass is 16.4. The normalized spacial score (nSPS) is 10.0. The summed E-state index contributed by atoms with van der Waals surface area (Å²) in [5, 5.41) is 17.8. The maximum Gasteiger partial charge on any atom is 0.338 e. The fourth-order valence-corrected chi connectivity index (χ4v) is 1.42. The Balaban J connectivity index is 3.06. The summed E-state index contributed by atoms with van der Waals surface area (Å²) in [6, 6.07) is 2.79. The van der Waals surface area contributed by atoms with Crippen LogP contribution in [0.2, 0.25) is 0 Å². The maximum atomic E-state index is 12.0. The van der Waals surface area contributed by atoms with Crippen molar-refractivity contribution in [2.24, 2.45) is 0 Å². The molecule has 0 aliphatic carbocycles. The van der Waals surface area contributed by atoms with Crippen molar-refractivity contribution >= 4 is 11.9 Å². The van der Waals surface area contributed by atoms with Gasteiger partial charge in [0, 0.05) is 19.3 Å².